The number of esters is 1. The fourth-order valence-electron chi connectivity index (χ4n) is 4.23. The van der Waals surface area contributed by atoms with Gasteiger partial charge >= 0.3 is 12.6 Å². The molecule has 0 spiro atoms. The molecular weight excluding hydrogens is 711 g/mol. The molecule has 1 heterocycles. The van der Waals surface area contributed by atoms with E-state index in [0.29, 0.717) is 4.73 Å². The molecule has 0 unspecified atom stereocenters. The Morgan fingerprint density at radius 2 is 1.70 bits per heavy atom. The van der Waals surface area contributed by atoms with Crippen LogP contribution in [0.4, 0.5) is 14.5 Å². The Labute approximate surface area is 279 Å². The Balaban J connectivity index is 1.59. The Kier molecular flexibility index (Phi) is 11.6. The molecule has 1 aliphatic rings. The third-order valence-electron chi connectivity index (χ3n) is 6.63. The number of anilines is 1. The number of sulfonamides is 2. The molecule has 0 aliphatic heterocycles. The van der Waals surface area contributed by atoms with Crippen LogP contribution in [-0.2, 0) is 36.0 Å². The lowest BCUT2D eigenvalue weighted by Crippen LogP contribution is -2.32. The second-order valence-electron chi connectivity index (χ2n) is 10.4. The number of hydrogen-bond donors (Lipinski definition) is 2. The summed E-state index contributed by atoms with van der Waals surface area (Å²) < 4.78 is 101. The van der Waals surface area contributed by atoms with E-state index in [1.807, 2.05) is 0 Å². The first kappa shape index (κ1) is 36.2. The van der Waals surface area contributed by atoms with Crippen molar-refractivity contribution in [2.45, 2.75) is 36.9 Å². The minimum Gasteiger partial charge on any atom is -0.619 e. The van der Waals surface area contributed by atoms with Crippen molar-refractivity contribution in [2.75, 3.05) is 31.2 Å². The van der Waals surface area contributed by atoms with Crippen LogP contribution < -0.4 is 28.4 Å². The summed E-state index contributed by atoms with van der Waals surface area (Å²) in [5.74, 6) is -1.07. The summed E-state index contributed by atoms with van der Waals surface area (Å²) in [7, 11) is -6.94. The predicted octanol–water partition coefficient (Wildman–Crippen LogP) is 4.20. The minimum absolute atomic E-state index is 0.0443. The monoisotopic (exact) mass is 739 g/mol. The molecule has 0 bridgehead atoms. The molecule has 1 fully saturated rings. The molecule has 4 rings (SSSR count). The largest absolute Gasteiger partial charge is 0.619 e. The van der Waals surface area contributed by atoms with Crippen LogP contribution in [0, 0.1) is 11.1 Å². The van der Waals surface area contributed by atoms with Crippen LogP contribution in [0.15, 0.2) is 53.7 Å². The first-order chi connectivity index (χ1) is 22.0. The SMILES string of the molecule is COc1ccc(S(=O)(=O)NCC(=O)O[C@@H](Cc2c(Cl)c[n+]([O-])cc2Cl)c2ccc(OC(F)F)c(OCC3CC3)c2)cc1NS(C)(=O)=O. The standard InChI is InChI=1S/C28H29Cl2F2N3O10S2/c1-42-23-8-6-18(10-22(23)34-46(2,38)39)47(40,41)33-12-27(36)44-25(11-19-20(29)13-35(37)14-21(19)30)17-5-7-24(45-28(31)32)26(9-17)43-15-16-3-4-16/h5-10,13-14,16,25,28,33-34H,3-4,11-12,15H2,1-2H3/t25-/m0/s1. The van der Waals surface area contributed by atoms with Gasteiger partial charge in [0.25, 0.3) is 0 Å². The van der Waals surface area contributed by atoms with Crippen LogP contribution in [-0.4, -0.2) is 55.9 Å². The van der Waals surface area contributed by atoms with Gasteiger partial charge in [0.05, 0.1) is 30.6 Å². The van der Waals surface area contributed by atoms with E-state index in [-0.39, 0.29) is 63.1 Å². The highest BCUT2D eigenvalue weighted by Crippen LogP contribution is 2.38. The normalized spacial score (nSPS) is 14.0. The summed E-state index contributed by atoms with van der Waals surface area (Å²) in [6, 6.07) is 7.25. The van der Waals surface area contributed by atoms with Crippen LogP contribution in [0.3, 0.4) is 0 Å². The average molecular weight is 741 g/mol. The molecule has 1 atom stereocenters. The molecule has 0 amide bonds. The zero-order chi connectivity index (χ0) is 34.5. The van der Waals surface area contributed by atoms with E-state index in [2.05, 4.69) is 14.2 Å². The van der Waals surface area contributed by atoms with Gasteiger partial charge in [-0.2, -0.15) is 18.2 Å². The fourth-order valence-corrected chi connectivity index (χ4v) is 6.39. The molecular formula is C28H29Cl2F2N3O10S2. The number of aromatic nitrogens is 1. The smallest absolute Gasteiger partial charge is 0.387 e. The second-order valence-corrected chi connectivity index (χ2v) is 14.7. The summed E-state index contributed by atoms with van der Waals surface area (Å²) in [5, 5.41) is 11.7. The van der Waals surface area contributed by atoms with Crippen molar-refractivity contribution in [3.63, 3.8) is 0 Å². The fraction of sp³-hybridized carbons (Fsp3) is 0.357. The molecule has 19 heteroatoms. The minimum atomic E-state index is -4.40. The molecule has 0 saturated heterocycles. The van der Waals surface area contributed by atoms with E-state index >= 15 is 0 Å². The number of alkyl halides is 2. The molecule has 256 valence electrons. The maximum Gasteiger partial charge on any atom is 0.387 e. The third kappa shape index (κ3) is 10.4. The number of nitrogens with zero attached hydrogens (tertiary/aromatic N) is 1. The molecule has 47 heavy (non-hydrogen) atoms. The molecule has 3 aromatic rings. The van der Waals surface area contributed by atoms with E-state index < -0.39 is 50.2 Å². The molecule has 2 N–H and O–H groups in total. The summed E-state index contributed by atoms with van der Waals surface area (Å²) in [4.78, 5) is 12.7. The highest BCUT2D eigenvalue weighted by molar-refractivity contribution is 7.92. The summed E-state index contributed by atoms with van der Waals surface area (Å²) >= 11 is 12.5. The van der Waals surface area contributed by atoms with Crippen molar-refractivity contribution in [1.29, 1.82) is 0 Å². The van der Waals surface area contributed by atoms with Gasteiger partial charge in [-0.05, 0) is 54.7 Å². The second kappa shape index (κ2) is 15.1. The zero-order valence-electron chi connectivity index (χ0n) is 24.7. The maximum absolute atomic E-state index is 13.1. The number of methoxy groups -OCH3 is 1. The number of benzene rings is 2. The van der Waals surface area contributed by atoms with E-state index in [1.54, 1.807) is 0 Å². The number of nitrogens with one attached hydrogen (secondary N) is 2. The quantitative estimate of drug-likeness (QED) is 0.123. The van der Waals surface area contributed by atoms with Gasteiger partial charge in [0.15, 0.2) is 23.9 Å². The lowest BCUT2D eigenvalue weighted by Gasteiger charge is -2.21. The number of carbonyl (C=O) groups is 1. The molecule has 2 aromatic carbocycles. The van der Waals surface area contributed by atoms with Crippen molar-refractivity contribution in [3.8, 4) is 17.2 Å². The average Bonchev–Trinajstić information content (AvgIpc) is 3.80. The highest BCUT2D eigenvalue weighted by Gasteiger charge is 2.27. The van der Waals surface area contributed by atoms with Crippen molar-refractivity contribution >= 4 is 54.9 Å². The lowest BCUT2D eigenvalue weighted by molar-refractivity contribution is -0.605. The molecule has 13 nitrogen and oxygen atoms in total. The Bertz CT molecular complexity index is 1820. The van der Waals surface area contributed by atoms with E-state index in [9.17, 15) is 35.6 Å². The highest BCUT2D eigenvalue weighted by atomic mass is 35.5. The number of halogens is 4. The van der Waals surface area contributed by atoms with Crippen molar-refractivity contribution in [1.82, 2.24) is 4.72 Å². The molecule has 1 aromatic heterocycles. The van der Waals surface area contributed by atoms with Crippen LogP contribution in [0.25, 0.3) is 0 Å². The van der Waals surface area contributed by atoms with Gasteiger partial charge in [-0.25, -0.2) is 16.8 Å². The van der Waals surface area contributed by atoms with Crippen LogP contribution >= 0.6 is 23.2 Å². The van der Waals surface area contributed by atoms with Gasteiger partial charge in [0.1, 0.15) is 28.4 Å². The lowest BCUT2D eigenvalue weighted by atomic mass is 10.0. The van der Waals surface area contributed by atoms with Gasteiger partial charge in [-0.15, -0.1) is 0 Å². The molecule has 0 radical (unpaired) electrons. The van der Waals surface area contributed by atoms with Crippen LogP contribution in [0.2, 0.25) is 10.0 Å². The van der Waals surface area contributed by atoms with Crippen LogP contribution in [0.5, 0.6) is 17.2 Å². The van der Waals surface area contributed by atoms with Gasteiger partial charge < -0.3 is 24.2 Å². The van der Waals surface area contributed by atoms with Gasteiger partial charge in [-0.3, -0.25) is 9.52 Å². The van der Waals surface area contributed by atoms with E-state index in [0.717, 1.165) is 43.6 Å². The number of rotatable bonds is 16. The maximum atomic E-state index is 13.1. The Morgan fingerprint density at radius 3 is 2.30 bits per heavy atom. The Hall–Kier alpha value is -3.64. The van der Waals surface area contributed by atoms with Crippen molar-refractivity contribution < 1.29 is 54.1 Å². The van der Waals surface area contributed by atoms with Gasteiger partial charge in [-0.1, -0.05) is 29.3 Å². The predicted molar refractivity (Wildman–Crippen MR) is 166 cm³/mol. The first-order valence-electron chi connectivity index (χ1n) is 13.7. The number of hydrogen-bond acceptors (Lipinski definition) is 10. The molecule has 1 aliphatic carbocycles. The molecule has 1 saturated carbocycles. The van der Waals surface area contributed by atoms with Crippen molar-refractivity contribution in [3.05, 3.63) is 75.2 Å². The summed E-state index contributed by atoms with van der Waals surface area (Å²) in [5.41, 5.74) is 0.276. The third-order valence-corrected chi connectivity index (χ3v) is 9.27. The summed E-state index contributed by atoms with van der Waals surface area (Å²) in [6.45, 7) is -3.79. The number of pyridine rings is 1. The van der Waals surface area contributed by atoms with Gasteiger partial charge in [0, 0.05) is 12.0 Å². The summed E-state index contributed by atoms with van der Waals surface area (Å²) in [6.07, 6.45) is 3.30. The number of ether oxygens (including phenoxy) is 4. The van der Waals surface area contributed by atoms with Gasteiger partial charge in [0.2, 0.25) is 20.0 Å². The van der Waals surface area contributed by atoms with Crippen LogP contribution in [0.1, 0.15) is 30.1 Å². The number of carbonyl (C=O) groups excluding carboxylic acids is 1. The topological polar surface area (TPSA) is 173 Å². The van der Waals surface area contributed by atoms with Crippen molar-refractivity contribution in [2.24, 2.45) is 5.92 Å². The first-order valence-corrected chi connectivity index (χ1v) is 17.8. The van der Waals surface area contributed by atoms with E-state index in [1.165, 1.54) is 31.4 Å². The zero-order valence-corrected chi connectivity index (χ0v) is 27.9. The van der Waals surface area contributed by atoms with E-state index in [4.69, 9.17) is 37.4 Å². The Morgan fingerprint density at radius 1 is 1.04 bits per heavy atom.